The zero-order chi connectivity index (χ0) is 15.7. The second kappa shape index (κ2) is 5.85. The van der Waals surface area contributed by atoms with Crippen LogP contribution in [0.5, 0.6) is 0 Å². The molecular weight excluding hydrogens is 296 g/mol. The Balaban J connectivity index is 1.86. The minimum absolute atomic E-state index is 0.229. The molecule has 1 heterocycles. The Morgan fingerprint density at radius 3 is 2.27 bits per heavy atom. The summed E-state index contributed by atoms with van der Waals surface area (Å²) in [5, 5.41) is 2.32. The molecule has 0 bridgehead atoms. The summed E-state index contributed by atoms with van der Waals surface area (Å²) in [6.07, 6.45) is 0. The molecule has 0 spiro atoms. The number of aryl methyl sites for hydroxylation is 2. The summed E-state index contributed by atoms with van der Waals surface area (Å²) in [6.45, 7) is 3.86. The predicted octanol–water partition coefficient (Wildman–Crippen LogP) is 3.94. The molecule has 22 heavy (non-hydrogen) atoms. The van der Waals surface area contributed by atoms with Gasteiger partial charge in [0.25, 0.3) is 11.1 Å². The summed E-state index contributed by atoms with van der Waals surface area (Å²) in [7, 11) is 0. The molecule has 0 aliphatic carbocycles. The van der Waals surface area contributed by atoms with Gasteiger partial charge in [0.1, 0.15) is 0 Å². The van der Waals surface area contributed by atoms with E-state index in [1.165, 1.54) is 4.90 Å². The molecule has 2 aromatic rings. The third-order valence-electron chi connectivity index (χ3n) is 3.63. The standard InChI is InChI=1S/C17H16N2O2S/c1-11-7-3-5-9-13(11)18-15-16(20)19(17(21)22-15)14-10-6-4-8-12(14)2/h3-10,15,18H,1-2H3/t15-/m0/s1. The van der Waals surface area contributed by atoms with Gasteiger partial charge < -0.3 is 5.32 Å². The lowest BCUT2D eigenvalue weighted by Gasteiger charge is -2.17. The molecule has 112 valence electrons. The number of carbonyl (C=O) groups excluding carboxylic acids is 2. The molecule has 1 aliphatic rings. The SMILES string of the molecule is Cc1ccccc1N[C@H]1SC(=O)N(c2ccccc2C)C1=O. The molecule has 0 saturated carbocycles. The van der Waals surface area contributed by atoms with Crippen molar-refractivity contribution in [2.75, 3.05) is 10.2 Å². The Kier molecular flexibility index (Phi) is 3.90. The highest BCUT2D eigenvalue weighted by molar-refractivity contribution is 8.16. The maximum Gasteiger partial charge on any atom is 0.295 e. The number of hydrogen-bond acceptors (Lipinski definition) is 4. The zero-order valence-corrected chi connectivity index (χ0v) is 13.2. The molecule has 2 aromatic carbocycles. The van der Waals surface area contributed by atoms with E-state index in [9.17, 15) is 9.59 Å². The number of thioether (sulfide) groups is 1. The molecular formula is C17H16N2O2S. The highest BCUT2D eigenvalue weighted by Crippen LogP contribution is 2.34. The van der Waals surface area contributed by atoms with Gasteiger partial charge in [0.2, 0.25) is 0 Å². The normalized spacial score (nSPS) is 17.9. The molecule has 5 heteroatoms. The molecule has 1 N–H and O–H groups in total. The predicted molar refractivity (Wildman–Crippen MR) is 90.2 cm³/mol. The minimum Gasteiger partial charge on any atom is -0.365 e. The third kappa shape index (κ3) is 2.60. The van der Waals surface area contributed by atoms with Crippen LogP contribution in [0.3, 0.4) is 0 Å². The van der Waals surface area contributed by atoms with Crippen LogP contribution in [0.25, 0.3) is 0 Å². The first-order chi connectivity index (χ1) is 10.6. The zero-order valence-electron chi connectivity index (χ0n) is 12.4. The number of para-hydroxylation sites is 2. The molecule has 0 unspecified atom stereocenters. The van der Waals surface area contributed by atoms with E-state index in [-0.39, 0.29) is 11.1 Å². The van der Waals surface area contributed by atoms with E-state index in [1.54, 1.807) is 6.07 Å². The summed E-state index contributed by atoms with van der Waals surface area (Å²) in [5.74, 6) is -0.229. The minimum atomic E-state index is -0.590. The Morgan fingerprint density at radius 1 is 0.955 bits per heavy atom. The fourth-order valence-corrected chi connectivity index (χ4v) is 3.30. The van der Waals surface area contributed by atoms with Gasteiger partial charge in [-0.15, -0.1) is 0 Å². The van der Waals surface area contributed by atoms with Crippen molar-refractivity contribution < 1.29 is 9.59 Å². The van der Waals surface area contributed by atoms with Gasteiger partial charge in [0.15, 0.2) is 5.37 Å². The Morgan fingerprint density at radius 2 is 1.59 bits per heavy atom. The molecule has 4 nitrogen and oxygen atoms in total. The number of anilines is 2. The second-order valence-corrected chi connectivity index (χ2v) is 6.24. The molecule has 3 rings (SSSR count). The maximum absolute atomic E-state index is 12.6. The van der Waals surface area contributed by atoms with Crippen LogP contribution in [0.1, 0.15) is 11.1 Å². The number of nitrogens with one attached hydrogen (secondary N) is 1. The van der Waals surface area contributed by atoms with Crippen LogP contribution >= 0.6 is 11.8 Å². The molecule has 1 atom stereocenters. The van der Waals surface area contributed by atoms with Crippen LogP contribution in [0, 0.1) is 13.8 Å². The largest absolute Gasteiger partial charge is 0.365 e. The van der Waals surface area contributed by atoms with E-state index in [0.717, 1.165) is 28.6 Å². The fourth-order valence-electron chi connectivity index (χ4n) is 2.41. The van der Waals surface area contributed by atoms with Crippen molar-refractivity contribution in [1.29, 1.82) is 0 Å². The third-order valence-corrected chi connectivity index (χ3v) is 4.57. The van der Waals surface area contributed by atoms with Crippen molar-refractivity contribution in [3.63, 3.8) is 0 Å². The van der Waals surface area contributed by atoms with Gasteiger partial charge in [-0.2, -0.15) is 0 Å². The summed E-state index contributed by atoms with van der Waals surface area (Å²) in [4.78, 5) is 26.1. The lowest BCUT2D eigenvalue weighted by atomic mass is 10.2. The van der Waals surface area contributed by atoms with Gasteiger partial charge in [0, 0.05) is 5.69 Å². The van der Waals surface area contributed by atoms with E-state index in [1.807, 2.05) is 56.3 Å². The molecule has 1 saturated heterocycles. The number of nitrogens with zero attached hydrogens (tertiary/aromatic N) is 1. The van der Waals surface area contributed by atoms with Crippen molar-refractivity contribution in [1.82, 2.24) is 0 Å². The van der Waals surface area contributed by atoms with E-state index in [4.69, 9.17) is 0 Å². The fraction of sp³-hybridized carbons (Fsp3) is 0.176. The summed E-state index contributed by atoms with van der Waals surface area (Å²) < 4.78 is 0. The number of carbonyl (C=O) groups is 2. The summed E-state index contributed by atoms with van der Waals surface area (Å²) in [6, 6.07) is 15.1. The van der Waals surface area contributed by atoms with Gasteiger partial charge in [-0.1, -0.05) is 36.4 Å². The molecule has 0 aromatic heterocycles. The Bertz CT molecular complexity index is 745. The molecule has 0 radical (unpaired) electrons. The average Bonchev–Trinajstić information content (AvgIpc) is 2.77. The topological polar surface area (TPSA) is 49.4 Å². The number of hydrogen-bond donors (Lipinski definition) is 1. The molecule has 2 amide bonds. The van der Waals surface area contributed by atoms with Crippen molar-refractivity contribution in [2.45, 2.75) is 19.2 Å². The van der Waals surface area contributed by atoms with Gasteiger partial charge in [-0.05, 0) is 48.9 Å². The Labute approximate surface area is 133 Å². The van der Waals surface area contributed by atoms with Gasteiger partial charge in [0.05, 0.1) is 5.69 Å². The van der Waals surface area contributed by atoms with Crippen molar-refractivity contribution >= 4 is 34.3 Å². The van der Waals surface area contributed by atoms with Crippen LogP contribution in [0.15, 0.2) is 48.5 Å². The highest BCUT2D eigenvalue weighted by Gasteiger charge is 2.41. The number of imide groups is 1. The summed E-state index contributed by atoms with van der Waals surface area (Å²) in [5.41, 5.74) is 3.46. The first-order valence-corrected chi connectivity index (χ1v) is 7.88. The van der Waals surface area contributed by atoms with Crippen LogP contribution in [-0.2, 0) is 4.79 Å². The number of amides is 2. The highest BCUT2D eigenvalue weighted by atomic mass is 32.2. The van der Waals surface area contributed by atoms with E-state index >= 15 is 0 Å². The van der Waals surface area contributed by atoms with Crippen molar-refractivity contribution in [3.8, 4) is 0 Å². The first-order valence-electron chi connectivity index (χ1n) is 7.00. The van der Waals surface area contributed by atoms with Crippen molar-refractivity contribution in [2.24, 2.45) is 0 Å². The quantitative estimate of drug-likeness (QED) is 0.932. The molecule has 1 aliphatic heterocycles. The lowest BCUT2D eigenvalue weighted by Crippen LogP contribution is -2.34. The van der Waals surface area contributed by atoms with E-state index < -0.39 is 5.37 Å². The second-order valence-electron chi connectivity index (χ2n) is 5.18. The number of rotatable bonds is 3. The van der Waals surface area contributed by atoms with Crippen LogP contribution in [0.4, 0.5) is 16.2 Å². The van der Waals surface area contributed by atoms with Gasteiger partial charge >= 0.3 is 0 Å². The van der Waals surface area contributed by atoms with Crippen LogP contribution < -0.4 is 10.2 Å². The van der Waals surface area contributed by atoms with E-state index in [2.05, 4.69) is 5.32 Å². The Hall–Kier alpha value is -2.27. The maximum atomic E-state index is 12.6. The smallest absolute Gasteiger partial charge is 0.295 e. The lowest BCUT2D eigenvalue weighted by molar-refractivity contribution is -0.116. The monoisotopic (exact) mass is 312 g/mol. The van der Waals surface area contributed by atoms with Gasteiger partial charge in [-0.25, -0.2) is 4.90 Å². The molecule has 1 fully saturated rings. The van der Waals surface area contributed by atoms with Gasteiger partial charge in [-0.3, -0.25) is 9.59 Å². The van der Waals surface area contributed by atoms with Crippen LogP contribution in [-0.4, -0.2) is 16.5 Å². The van der Waals surface area contributed by atoms with Crippen LogP contribution in [0.2, 0.25) is 0 Å². The van der Waals surface area contributed by atoms with E-state index in [0.29, 0.717) is 5.69 Å². The average molecular weight is 312 g/mol. The number of benzene rings is 2. The van der Waals surface area contributed by atoms with Crippen molar-refractivity contribution in [3.05, 3.63) is 59.7 Å². The first kappa shape index (κ1) is 14.7. The summed E-state index contributed by atoms with van der Waals surface area (Å²) >= 11 is 1.02.